The van der Waals surface area contributed by atoms with Gasteiger partial charge >= 0.3 is 5.97 Å². The quantitative estimate of drug-likeness (QED) is 0.807. The minimum atomic E-state index is -1.16. The van der Waals surface area contributed by atoms with Crippen LogP contribution in [0.5, 0.6) is 5.75 Å². The molecule has 0 aromatic heterocycles. The zero-order chi connectivity index (χ0) is 13.7. The van der Waals surface area contributed by atoms with E-state index in [0.29, 0.717) is 23.6 Å². The number of carbonyl (C=O) groups excluding carboxylic acids is 1. The summed E-state index contributed by atoms with van der Waals surface area (Å²) >= 11 is 5.73. The number of amides is 1. The normalized spacial score (nSPS) is 11.7. The second-order valence-corrected chi connectivity index (χ2v) is 4.01. The Kier molecular flexibility index (Phi) is 4.97. The number of rotatable bonds is 5. The maximum Gasteiger partial charge on any atom is 0.326 e. The molecule has 1 aromatic carbocycles. The van der Waals surface area contributed by atoms with E-state index in [2.05, 4.69) is 5.32 Å². The van der Waals surface area contributed by atoms with Gasteiger partial charge in [-0.2, -0.15) is 0 Å². The standard InChI is InChI=1S/C12H14ClNO4/c1-3-18-10-5-4-8(11(13)12(16)17)6-9(10)14-7(2)15/h4-6,11H,3H2,1-2H3,(H,14,15)(H,16,17). The van der Waals surface area contributed by atoms with Crippen molar-refractivity contribution in [2.24, 2.45) is 0 Å². The van der Waals surface area contributed by atoms with Crippen LogP contribution in [0.15, 0.2) is 18.2 Å². The molecule has 0 spiro atoms. The molecule has 1 unspecified atom stereocenters. The summed E-state index contributed by atoms with van der Waals surface area (Å²) in [5.74, 6) is -0.935. The molecule has 6 heteroatoms. The lowest BCUT2D eigenvalue weighted by Crippen LogP contribution is -2.10. The lowest BCUT2D eigenvalue weighted by atomic mass is 10.1. The number of aliphatic carboxylic acids is 1. The van der Waals surface area contributed by atoms with Crippen molar-refractivity contribution in [3.63, 3.8) is 0 Å². The number of hydrogen-bond donors (Lipinski definition) is 2. The Bertz CT molecular complexity index is 461. The summed E-state index contributed by atoms with van der Waals surface area (Å²) in [4.78, 5) is 21.9. The van der Waals surface area contributed by atoms with Crippen LogP contribution in [0.1, 0.15) is 24.8 Å². The number of nitrogens with one attached hydrogen (secondary N) is 1. The number of alkyl halides is 1. The Morgan fingerprint density at radius 3 is 2.67 bits per heavy atom. The van der Waals surface area contributed by atoms with E-state index in [1.807, 2.05) is 6.92 Å². The van der Waals surface area contributed by atoms with Crippen LogP contribution < -0.4 is 10.1 Å². The average Bonchev–Trinajstić information content (AvgIpc) is 2.30. The molecular weight excluding hydrogens is 258 g/mol. The molecule has 2 N–H and O–H groups in total. The van der Waals surface area contributed by atoms with E-state index in [1.54, 1.807) is 12.1 Å². The smallest absolute Gasteiger partial charge is 0.326 e. The van der Waals surface area contributed by atoms with E-state index in [0.717, 1.165) is 0 Å². The van der Waals surface area contributed by atoms with Gasteiger partial charge in [-0.1, -0.05) is 6.07 Å². The van der Waals surface area contributed by atoms with Gasteiger partial charge in [0.1, 0.15) is 5.75 Å². The van der Waals surface area contributed by atoms with Crippen LogP contribution in [0.2, 0.25) is 0 Å². The molecule has 18 heavy (non-hydrogen) atoms. The van der Waals surface area contributed by atoms with Gasteiger partial charge in [-0.3, -0.25) is 9.59 Å². The third-order valence-electron chi connectivity index (χ3n) is 2.12. The predicted octanol–water partition coefficient (Wildman–Crippen LogP) is 2.41. The minimum Gasteiger partial charge on any atom is -0.492 e. The molecule has 0 saturated carbocycles. The predicted molar refractivity (Wildman–Crippen MR) is 68.1 cm³/mol. The van der Waals surface area contributed by atoms with Crippen molar-refractivity contribution >= 4 is 29.2 Å². The topological polar surface area (TPSA) is 75.6 Å². The van der Waals surface area contributed by atoms with Crippen LogP contribution in [0.4, 0.5) is 5.69 Å². The molecule has 0 heterocycles. The highest BCUT2D eigenvalue weighted by molar-refractivity contribution is 6.29. The third-order valence-corrected chi connectivity index (χ3v) is 2.56. The van der Waals surface area contributed by atoms with Crippen molar-refractivity contribution in [2.45, 2.75) is 19.2 Å². The summed E-state index contributed by atoms with van der Waals surface area (Å²) in [5, 5.41) is 10.2. The second-order valence-electron chi connectivity index (χ2n) is 3.57. The molecule has 0 bridgehead atoms. The molecule has 1 aromatic rings. The van der Waals surface area contributed by atoms with Gasteiger partial charge in [0.25, 0.3) is 0 Å². The zero-order valence-corrected chi connectivity index (χ0v) is 10.8. The van der Waals surface area contributed by atoms with Crippen molar-refractivity contribution in [3.05, 3.63) is 23.8 Å². The lowest BCUT2D eigenvalue weighted by molar-refractivity contribution is -0.136. The van der Waals surface area contributed by atoms with Gasteiger partial charge in [-0.25, -0.2) is 0 Å². The van der Waals surface area contributed by atoms with E-state index in [4.69, 9.17) is 21.4 Å². The number of carboxylic acid groups (broad SMARTS) is 1. The summed E-state index contributed by atoms with van der Waals surface area (Å²) < 4.78 is 5.33. The van der Waals surface area contributed by atoms with Gasteiger partial charge in [0, 0.05) is 6.92 Å². The first-order chi connectivity index (χ1) is 8.45. The number of halogens is 1. The number of ether oxygens (including phenoxy) is 1. The molecule has 0 radical (unpaired) electrons. The highest BCUT2D eigenvalue weighted by Crippen LogP contribution is 2.30. The number of carboxylic acids is 1. The molecule has 5 nitrogen and oxygen atoms in total. The molecule has 0 aliphatic carbocycles. The zero-order valence-electron chi connectivity index (χ0n) is 10.1. The fraction of sp³-hybridized carbons (Fsp3) is 0.333. The Balaban J connectivity index is 3.11. The number of anilines is 1. The first-order valence-corrected chi connectivity index (χ1v) is 5.80. The maximum absolute atomic E-state index is 11.1. The van der Waals surface area contributed by atoms with Crippen LogP contribution in [-0.2, 0) is 9.59 Å². The van der Waals surface area contributed by atoms with E-state index in [1.165, 1.54) is 13.0 Å². The van der Waals surface area contributed by atoms with Gasteiger partial charge in [0.2, 0.25) is 5.91 Å². The van der Waals surface area contributed by atoms with Crippen molar-refractivity contribution < 1.29 is 19.4 Å². The highest BCUT2D eigenvalue weighted by Gasteiger charge is 2.18. The first-order valence-electron chi connectivity index (χ1n) is 5.37. The summed E-state index contributed by atoms with van der Waals surface area (Å²) in [7, 11) is 0. The maximum atomic E-state index is 11.1. The van der Waals surface area contributed by atoms with Gasteiger partial charge in [-0.05, 0) is 24.6 Å². The molecule has 0 aliphatic rings. The van der Waals surface area contributed by atoms with Crippen LogP contribution in [0, 0.1) is 0 Å². The molecular formula is C12H14ClNO4. The van der Waals surface area contributed by atoms with Gasteiger partial charge in [0.15, 0.2) is 5.38 Å². The molecule has 0 saturated heterocycles. The summed E-state index contributed by atoms with van der Waals surface area (Å²) in [6, 6.07) is 4.64. The highest BCUT2D eigenvalue weighted by atomic mass is 35.5. The Hall–Kier alpha value is -1.75. The lowest BCUT2D eigenvalue weighted by Gasteiger charge is -2.13. The van der Waals surface area contributed by atoms with Crippen LogP contribution >= 0.6 is 11.6 Å². The SMILES string of the molecule is CCOc1ccc(C(Cl)C(=O)O)cc1NC(C)=O. The van der Waals surface area contributed by atoms with E-state index >= 15 is 0 Å². The molecule has 98 valence electrons. The van der Waals surface area contributed by atoms with E-state index in [-0.39, 0.29) is 5.91 Å². The van der Waals surface area contributed by atoms with E-state index in [9.17, 15) is 9.59 Å². The molecule has 0 fully saturated rings. The number of hydrogen-bond acceptors (Lipinski definition) is 3. The van der Waals surface area contributed by atoms with Crippen molar-refractivity contribution in [3.8, 4) is 5.75 Å². The van der Waals surface area contributed by atoms with Gasteiger partial charge in [-0.15, -0.1) is 11.6 Å². The number of carbonyl (C=O) groups is 2. The van der Waals surface area contributed by atoms with E-state index < -0.39 is 11.3 Å². The van der Waals surface area contributed by atoms with Crippen molar-refractivity contribution in [2.75, 3.05) is 11.9 Å². The average molecular weight is 272 g/mol. The van der Waals surface area contributed by atoms with Crippen molar-refractivity contribution in [1.29, 1.82) is 0 Å². The van der Waals surface area contributed by atoms with Crippen LogP contribution in [0.25, 0.3) is 0 Å². The van der Waals surface area contributed by atoms with Crippen LogP contribution in [0.3, 0.4) is 0 Å². The third kappa shape index (κ3) is 3.63. The summed E-state index contributed by atoms with van der Waals surface area (Å²) in [6.45, 7) is 3.61. The molecule has 1 rings (SSSR count). The largest absolute Gasteiger partial charge is 0.492 e. The Labute approximate surface area is 110 Å². The van der Waals surface area contributed by atoms with Gasteiger partial charge < -0.3 is 15.2 Å². The van der Waals surface area contributed by atoms with Gasteiger partial charge in [0.05, 0.1) is 12.3 Å². The fourth-order valence-electron chi connectivity index (χ4n) is 1.42. The van der Waals surface area contributed by atoms with Crippen molar-refractivity contribution in [1.82, 2.24) is 0 Å². The Morgan fingerprint density at radius 1 is 1.50 bits per heavy atom. The van der Waals surface area contributed by atoms with Crippen LogP contribution in [-0.4, -0.2) is 23.6 Å². The monoisotopic (exact) mass is 271 g/mol. The Morgan fingerprint density at radius 2 is 2.17 bits per heavy atom. The molecule has 1 amide bonds. The fourth-order valence-corrected chi connectivity index (χ4v) is 1.55. The summed E-state index contributed by atoms with van der Waals surface area (Å²) in [5.41, 5.74) is 0.796. The first kappa shape index (κ1) is 14.3. The summed E-state index contributed by atoms with van der Waals surface area (Å²) in [6.07, 6.45) is 0. The molecule has 0 aliphatic heterocycles. The second kappa shape index (κ2) is 6.26. The molecule has 1 atom stereocenters. The number of benzene rings is 1. The minimum absolute atomic E-state index is 0.269.